The average molecular weight is 136 g/mol. The van der Waals surface area contributed by atoms with Gasteiger partial charge in [-0.15, -0.1) is 0 Å². The summed E-state index contributed by atoms with van der Waals surface area (Å²) in [6, 6.07) is 0. The Balaban J connectivity index is 3.87. The van der Waals surface area contributed by atoms with E-state index in [1.54, 1.807) is 0 Å². The average Bonchev–Trinajstić information content (AvgIpc) is 1.84. The molecule has 0 heterocycles. The van der Waals surface area contributed by atoms with Crippen molar-refractivity contribution in [1.29, 1.82) is 0 Å². The van der Waals surface area contributed by atoms with Gasteiger partial charge in [0.25, 0.3) is 6.43 Å². The first-order valence-corrected chi connectivity index (χ1v) is 2.22. The predicted molar refractivity (Wildman–Crippen MR) is 27.2 cm³/mol. The highest BCUT2D eigenvalue weighted by Crippen LogP contribution is 2.01. The number of rotatable bonds is 3. The summed E-state index contributed by atoms with van der Waals surface area (Å²) in [4.78, 5) is 10.1. The first-order chi connectivity index (χ1) is 4.09. The Labute approximate surface area is 50.8 Å². The van der Waals surface area contributed by atoms with Gasteiger partial charge in [-0.2, -0.15) is 0 Å². The molecular weight excluding hydrogens is 130 g/mol. The van der Waals surface area contributed by atoms with Gasteiger partial charge in [0, 0.05) is 0 Å². The van der Waals surface area contributed by atoms with Gasteiger partial charge in [-0.1, -0.05) is 6.58 Å². The van der Waals surface area contributed by atoms with Crippen molar-refractivity contribution in [2.45, 2.75) is 12.5 Å². The first-order valence-electron chi connectivity index (χ1n) is 2.22. The third-order valence-electron chi connectivity index (χ3n) is 0.731. The van der Waals surface area contributed by atoms with E-state index in [1.165, 1.54) is 0 Å². The Morgan fingerprint density at radius 3 is 2.22 bits per heavy atom. The predicted octanol–water partition coefficient (Wildman–Crippen LogP) is 0.367. The molecular formula is C5H6F2O2. The summed E-state index contributed by atoms with van der Waals surface area (Å²) in [6.07, 6.45) is -4.56. The van der Waals surface area contributed by atoms with Crippen LogP contribution in [0.3, 0.4) is 0 Å². The second-order valence-electron chi connectivity index (χ2n) is 1.39. The van der Waals surface area contributed by atoms with Crippen LogP contribution in [0.15, 0.2) is 12.7 Å². The quantitative estimate of drug-likeness (QED) is 0.569. The Morgan fingerprint density at radius 1 is 1.67 bits per heavy atom. The molecule has 0 aromatic rings. The number of halogens is 2. The number of aliphatic hydroxyl groups is 1. The molecule has 1 N–H and O–H groups in total. The molecule has 4 heteroatoms. The Kier molecular flexibility index (Phi) is 3.01. The minimum atomic E-state index is -3.02. The molecule has 0 aliphatic heterocycles. The van der Waals surface area contributed by atoms with Gasteiger partial charge in [0.15, 0.2) is 11.9 Å². The molecule has 0 amide bonds. The lowest BCUT2D eigenvalue weighted by Gasteiger charge is -2.02. The van der Waals surface area contributed by atoms with Crippen LogP contribution in [0.2, 0.25) is 0 Å². The number of hydrogen-bond acceptors (Lipinski definition) is 2. The zero-order valence-corrected chi connectivity index (χ0v) is 4.55. The molecule has 0 saturated heterocycles. The maximum Gasteiger partial charge on any atom is 0.271 e. The van der Waals surface area contributed by atoms with E-state index in [0.717, 1.165) is 0 Å². The zero-order chi connectivity index (χ0) is 7.44. The summed E-state index contributed by atoms with van der Waals surface area (Å²) in [7, 11) is 0. The second kappa shape index (κ2) is 3.29. The summed E-state index contributed by atoms with van der Waals surface area (Å²) in [6.45, 7) is 2.92. The highest BCUT2D eigenvalue weighted by molar-refractivity contribution is 5.93. The van der Waals surface area contributed by atoms with E-state index in [2.05, 4.69) is 6.58 Å². The highest BCUT2D eigenvalue weighted by Gasteiger charge is 2.22. The molecule has 0 aromatic heterocycles. The van der Waals surface area contributed by atoms with E-state index in [4.69, 9.17) is 5.11 Å². The molecule has 0 aromatic carbocycles. The Hall–Kier alpha value is -0.770. The van der Waals surface area contributed by atoms with Crippen LogP contribution in [0, 0.1) is 0 Å². The van der Waals surface area contributed by atoms with Gasteiger partial charge < -0.3 is 5.11 Å². The maximum atomic E-state index is 11.3. The maximum absolute atomic E-state index is 11.3. The van der Waals surface area contributed by atoms with E-state index in [-0.39, 0.29) is 0 Å². The zero-order valence-electron chi connectivity index (χ0n) is 4.55. The molecule has 0 spiro atoms. The van der Waals surface area contributed by atoms with Gasteiger partial charge in [0.1, 0.15) is 0 Å². The van der Waals surface area contributed by atoms with Crippen molar-refractivity contribution in [2.24, 2.45) is 0 Å². The molecule has 0 radical (unpaired) electrons. The molecule has 1 atom stereocenters. The van der Waals surface area contributed by atoms with Crippen molar-refractivity contribution in [3.63, 3.8) is 0 Å². The van der Waals surface area contributed by atoms with Crippen LogP contribution < -0.4 is 0 Å². The van der Waals surface area contributed by atoms with Crippen molar-refractivity contribution in [3.8, 4) is 0 Å². The van der Waals surface area contributed by atoms with Crippen LogP contribution >= 0.6 is 0 Å². The number of hydrogen-bond donors (Lipinski definition) is 1. The van der Waals surface area contributed by atoms with E-state index in [0.29, 0.717) is 6.08 Å². The molecule has 9 heavy (non-hydrogen) atoms. The fourth-order valence-corrected chi connectivity index (χ4v) is 0.245. The van der Waals surface area contributed by atoms with Crippen LogP contribution in [-0.2, 0) is 4.79 Å². The van der Waals surface area contributed by atoms with Crippen molar-refractivity contribution >= 4 is 5.78 Å². The van der Waals surface area contributed by atoms with Crippen LogP contribution in [0.25, 0.3) is 0 Å². The summed E-state index contributed by atoms with van der Waals surface area (Å²) in [5.41, 5.74) is 0. The monoisotopic (exact) mass is 136 g/mol. The minimum Gasteiger partial charge on any atom is -0.379 e. The number of carbonyl (C=O) groups is 1. The first kappa shape index (κ1) is 8.23. The van der Waals surface area contributed by atoms with Crippen LogP contribution in [0.4, 0.5) is 8.78 Å². The molecule has 0 rings (SSSR count). The van der Waals surface area contributed by atoms with Crippen molar-refractivity contribution < 1.29 is 18.7 Å². The smallest absolute Gasteiger partial charge is 0.271 e. The lowest BCUT2D eigenvalue weighted by Crippen LogP contribution is -2.26. The summed E-state index contributed by atoms with van der Waals surface area (Å²) in [5, 5.41) is 8.22. The van der Waals surface area contributed by atoms with Crippen molar-refractivity contribution in [1.82, 2.24) is 0 Å². The molecule has 0 fully saturated rings. The number of aliphatic hydroxyl groups excluding tert-OH is 1. The SMILES string of the molecule is C=CC(=O)C(O)C(F)F. The van der Waals surface area contributed by atoms with Crippen LogP contribution in [-0.4, -0.2) is 23.4 Å². The molecule has 0 saturated carbocycles. The molecule has 0 bridgehead atoms. The van der Waals surface area contributed by atoms with Gasteiger partial charge in [-0.3, -0.25) is 4.79 Å². The summed E-state index contributed by atoms with van der Waals surface area (Å²) < 4.78 is 22.7. The molecule has 2 nitrogen and oxygen atoms in total. The molecule has 0 aliphatic carbocycles. The number of carbonyl (C=O) groups excluding carboxylic acids is 1. The van der Waals surface area contributed by atoms with Gasteiger partial charge in [0.2, 0.25) is 0 Å². The Bertz CT molecular complexity index is 122. The third-order valence-corrected chi connectivity index (χ3v) is 0.731. The molecule has 52 valence electrons. The molecule has 0 aliphatic rings. The fourth-order valence-electron chi connectivity index (χ4n) is 0.245. The highest BCUT2D eigenvalue weighted by atomic mass is 19.3. The lowest BCUT2D eigenvalue weighted by molar-refractivity contribution is -0.129. The van der Waals surface area contributed by atoms with E-state index in [1.807, 2.05) is 0 Å². The Morgan fingerprint density at radius 2 is 2.11 bits per heavy atom. The third kappa shape index (κ3) is 2.32. The van der Waals surface area contributed by atoms with Gasteiger partial charge in [-0.25, -0.2) is 8.78 Å². The molecule has 1 unspecified atom stereocenters. The number of ketones is 1. The van der Waals surface area contributed by atoms with Crippen molar-refractivity contribution in [3.05, 3.63) is 12.7 Å². The topological polar surface area (TPSA) is 37.3 Å². The van der Waals surface area contributed by atoms with Crippen molar-refractivity contribution in [2.75, 3.05) is 0 Å². The standard InChI is InChI=1S/C5H6F2O2/c1-2-3(8)4(9)5(6)7/h2,4-5,9H,1H2. The van der Waals surface area contributed by atoms with E-state index in [9.17, 15) is 13.6 Å². The van der Waals surface area contributed by atoms with Gasteiger partial charge in [-0.05, 0) is 6.08 Å². The normalized spacial score (nSPS) is 13.3. The van der Waals surface area contributed by atoms with E-state index < -0.39 is 18.3 Å². The lowest BCUT2D eigenvalue weighted by atomic mass is 10.2. The van der Waals surface area contributed by atoms with Crippen LogP contribution in [0.5, 0.6) is 0 Å². The number of alkyl halides is 2. The summed E-state index contributed by atoms with van der Waals surface area (Å²) >= 11 is 0. The van der Waals surface area contributed by atoms with Gasteiger partial charge >= 0.3 is 0 Å². The second-order valence-corrected chi connectivity index (χ2v) is 1.39. The minimum absolute atomic E-state index is 0.664. The largest absolute Gasteiger partial charge is 0.379 e. The fraction of sp³-hybridized carbons (Fsp3) is 0.400. The van der Waals surface area contributed by atoms with Gasteiger partial charge in [0.05, 0.1) is 0 Å². The van der Waals surface area contributed by atoms with E-state index >= 15 is 0 Å². The van der Waals surface area contributed by atoms with Crippen LogP contribution in [0.1, 0.15) is 0 Å². The summed E-state index contributed by atoms with van der Waals surface area (Å²) in [5.74, 6) is -1.05.